The Morgan fingerprint density at radius 3 is 2.67 bits per heavy atom. The minimum absolute atomic E-state index is 0.0199. The summed E-state index contributed by atoms with van der Waals surface area (Å²) < 4.78 is 0. The Balaban J connectivity index is 2.25. The topological polar surface area (TPSA) is 35.6 Å². The number of rotatable bonds is 6. The van der Waals surface area contributed by atoms with Gasteiger partial charge < -0.3 is 9.80 Å². The van der Waals surface area contributed by atoms with E-state index in [0.29, 0.717) is 5.92 Å². The monoisotopic (exact) mass is 309 g/mol. The molecule has 0 aromatic carbocycles. The second-order valence-electron chi connectivity index (χ2n) is 6.30. The maximum absolute atomic E-state index is 12.9. The van der Waals surface area contributed by atoms with Gasteiger partial charge in [-0.3, -0.25) is 10.1 Å². The molecule has 0 radical (unpaired) electrons. The largest absolute Gasteiger partial charge is 0.317 e. The van der Waals surface area contributed by atoms with Crippen molar-refractivity contribution in [2.45, 2.75) is 45.4 Å². The van der Waals surface area contributed by atoms with Crippen LogP contribution in [0.5, 0.6) is 0 Å². The summed E-state index contributed by atoms with van der Waals surface area (Å²) >= 11 is 1.71. The van der Waals surface area contributed by atoms with Crippen LogP contribution in [0.1, 0.15) is 38.2 Å². The first kappa shape index (κ1) is 16.5. The number of thiophene rings is 1. The smallest absolute Gasteiger partial charge is 0.241 e. The standard InChI is InChI=1S/C16H27N3OS/c1-6-11(2)14-16(20)19(12(3)10-18(4)5)15(17-14)13-8-7-9-21-13/h7-9,11-12,14-15,17H,6,10H2,1-5H3. The van der Waals surface area contributed by atoms with Crippen molar-refractivity contribution >= 4 is 17.2 Å². The van der Waals surface area contributed by atoms with Crippen LogP contribution in [0.4, 0.5) is 0 Å². The molecular weight excluding hydrogens is 282 g/mol. The lowest BCUT2D eigenvalue weighted by atomic mass is 9.99. The predicted octanol–water partition coefficient (Wildman–Crippen LogP) is 2.54. The highest BCUT2D eigenvalue weighted by Gasteiger charge is 2.44. The number of likely N-dealkylation sites (N-methyl/N-ethyl adjacent to an activating group) is 1. The van der Waals surface area contributed by atoms with Crippen molar-refractivity contribution in [1.82, 2.24) is 15.1 Å². The van der Waals surface area contributed by atoms with Crippen molar-refractivity contribution in [3.8, 4) is 0 Å². The van der Waals surface area contributed by atoms with Crippen molar-refractivity contribution in [3.63, 3.8) is 0 Å². The van der Waals surface area contributed by atoms with E-state index in [2.05, 4.69) is 62.6 Å². The summed E-state index contributed by atoms with van der Waals surface area (Å²) in [6.07, 6.45) is 1.03. The minimum Gasteiger partial charge on any atom is -0.317 e. The fraction of sp³-hybridized carbons (Fsp3) is 0.688. The van der Waals surface area contributed by atoms with Crippen LogP contribution < -0.4 is 5.32 Å². The Hall–Kier alpha value is -0.910. The lowest BCUT2D eigenvalue weighted by Crippen LogP contribution is -2.44. The normalized spacial score (nSPS) is 25.6. The highest BCUT2D eigenvalue weighted by atomic mass is 32.1. The fourth-order valence-electron chi connectivity index (χ4n) is 3.01. The fourth-order valence-corrected chi connectivity index (χ4v) is 3.79. The summed E-state index contributed by atoms with van der Waals surface area (Å²) in [7, 11) is 4.10. The van der Waals surface area contributed by atoms with E-state index >= 15 is 0 Å². The maximum atomic E-state index is 12.9. The number of amides is 1. The van der Waals surface area contributed by atoms with Gasteiger partial charge in [-0.2, -0.15) is 0 Å². The molecule has 1 saturated heterocycles. The van der Waals surface area contributed by atoms with E-state index in [1.807, 2.05) is 4.90 Å². The van der Waals surface area contributed by atoms with Crippen LogP contribution in [0.2, 0.25) is 0 Å². The lowest BCUT2D eigenvalue weighted by Gasteiger charge is -2.31. The Morgan fingerprint density at radius 1 is 1.43 bits per heavy atom. The predicted molar refractivity (Wildman–Crippen MR) is 88.3 cm³/mol. The lowest BCUT2D eigenvalue weighted by molar-refractivity contribution is -0.133. The molecule has 1 aromatic heterocycles. The quantitative estimate of drug-likeness (QED) is 0.877. The first-order valence-electron chi connectivity index (χ1n) is 7.72. The van der Waals surface area contributed by atoms with Crippen LogP contribution in [0.15, 0.2) is 17.5 Å². The Labute approximate surface area is 132 Å². The van der Waals surface area contributed by atoms with Crippen LogP contribution in [0.25, 0.3) is 0 Å². The highest BCUT2D eigenvalue weighted by Crippen LogP contribution is 2.33. The Kier molecular flexibility index (Phi) is 5.41. The first-order chi connectivity index (χ1) is 9.95. The number of hydrogen-bond donors (Lipinski definition) is 1. The van der Waals surface area contributed by atoms with Gasteiger partial charge in [0.15, 0.2) is 0 Å². The van der Waals surface area contributed by atoms with E-state index in [0.717, 1.165) is 13.0 Å². The molecule has 4 unspecified atom stereocenters. The van der Waals surface area contributed by atoms with Gasteiger partial charge in [-0.05, 0) is 38.4 Å². The van der Waals surface area contributed by atoms with Crippen LogP contribution in [-0.2, 0) is 4.79 Å². The summed E-state index contributed by atoms with van der Waals surface area (Å²) in [6.45, 7) is 7.31. The number of carbonyl (C=O) groups is 1. The molecule has 0 spiro atoms. The average molecular weight is 309 g/mol. The zero-order chi connectivity index (χ0) is 15.6. The van der Waals surface area contributed by atoms with Gasteiger partial charge >= 0.3 is 0 Å². The zero-order valence-electron chi connectivity index (χ0n) is 13.7. The molecule has 1 aromatic rings. The van der Waals surface area contributed by atoms with Gasteiger partial charge in [0.25, 0.3) is 0 Å². The van der Waals surface area contributed by atoms with Gasteiger partial charge in [-0.25, -0.2) is 0 Å². The van der Waals surface area contributed by atoms with Gasteiger partial charge in [-0.1, -0.05) is 26.3 Å². The van der Waals surface area contributed by atoms with Gasteiger partial charge in [0, 0.05) is 17.5 Å². The van der Waals surface area contributed by atoms with Gasteiger partial charge in [0.1, 0.15) is 6.17 Å². The molecule has 118 valence electrons. The van der Waals surface area contributed by atoms with E-state index in [9.17, 15) is 4.79 Å². The molecule has 2 heterocycles. The van der Waals surface area contributed by atoms with Crippen molar-refractivity contribution in [1.29, 1.82) is 0 Å². The molecule has 0 bridgehead atoms. The van der Waals surface area contributed by atoms with Crippen molar-refractivity contribution < 1.29 is 4.79 Å². The van der Waals surface area contributed by atoms with Crippen LogP contribution in [0, 0.1) is 5.92 Å². The number of carbonyl (C=O) groups excluding carboxylic acids is 1. The zero-order valence-corrected chi connectivity index (χ0v) is 14.5. The molecule has 1 aliphatic rings. The number of hydrogen-bond acceptors (Lipinski definition) is 4. The molecule has 4 nitrogen and oxygen atoms in total. The Bertz CT molecular complexity index is 460. The molecule has 0 aliphatic carbocycles. The third-order valence-corrected chi connectivity index (χ3v) is 5.19. The van der Waals surface area contributed by atoms with Gasteiger partial charge in [0.2, 0.25) is 5.91 Å². The van der Waals surface area contributed by atoms with E-state index < -0.39 is 0 Å². The average Bonchev–Trinajstić information content (AvgIpc) is 3.04. The molecule has 4 atom stereocenters. The molecule has 1 N–H and O–H groups in total. The minimum atomic E-state index is -0.0632. The second-order valence-corrected chi connectivity index (χ2v) is 7.28. The third-order valence-electron chi connectivity index (χ3n) is 4.27. The molecule has 0 saturated carbocycles. The van der Waals surface area contributed by atoms with Crippen molar-refractivity contribution in [3.05, 3.63) is 22.4 Å². The number of nitrogens with one attached hydrogen (secondary N) is 1. The highest BCUT2D eigenvalue weighted by molar-refractivity contribution is 7.10. The summed E-state index contributed by atoms with van der Waals surface area (Å²) in [6, 6.07) is 4.30. The summed E-state index contributed by atoms with van der Waals surface area (Å²) in [5.74, 6) is 0.605. The van der Waals surface area contributed by atoms with E-state index in [1.54, 1.807) is 11.3 Å². The van der Waals surface area contributed by atoms with Crippen LogP contribution in [0.3, 0.4) is 0 Å². The van der Waals surface area contributed by atoms with Crippen LogP contribution >= 0.6 is 11.3 Å². The van der Waals surface area contributed by atoms with E-state index in [1.165, 1.54) is 4.88 Å². The third kappa shape index (κ3) is 3.47. The van der Waals surface area contributed by atoms with Gasteiger partial charge in [-0.15, -0.1) is 11.3 Å². The summed E-state index contributed by atoms with van der Waals surface area (Å²) in [5, 5.41) is 5.64. The molecule has 5 heteroatoms. The van der Waals surface area contributed by atoms with E-state index in [4.69, 9.17) is 0 Å². The van der Waals surface area contributed by atoms with Crippen molar-refractivity contribution in [2.75, 3.05) is 20.6 Å². The molecule has 1 amide bonds. The molecule has 2 rings (SSSR count). The molecule has 1 fully saturated rings. The first-order valence-corrected chi connectivity index (χ1v) is 8.60. The van der Waals surface area contributed by atoms with E-state index in [-0.39, 0.29) is 24.2 Å². The molecule has 21 heavy (non-hydrogen) atoms. The summed E-state index contributed by atoms with van der Waals surface area (Å²) in [4.78, 5) is 18.3. The maximum Gasteiger partial charge on any atom is 0.241 e. The van der Waals surface area contributed by atoms with Gasteiger partial charge in [0.05, 0.1) is 6.04 Å². The van der Waals surface area contributed by atoms with Crippen LogP contribution in [-0.4, -0.2) is 48.4 Å². The second kappa shape index (κ2) is 6.90. The molecule has 1 aliphatic heterocycles. The molecular formula is C16H27N3OS. The van der Waals surface area contributed by atoms with Crippen molar-refractivity contribution in [2.24, 2.45) is 5.92 Å². The Morgan fingerprint density at radius 2 is 2.14 bits per heavy atom. The summed E-state index contributed by atoms with van der Waals surface area (Å²) in [5.41, 5.74) is 0. The SMILES string of the molecule is CCC(C)C1NC(c2cccs2)N(C(C)CN(C)C)C1=O. The number of nitrogens with zero attached hydrogens (tertiary/aromatic N) is 2.